The van der Waals surface area contributed by atoms with Crippen molar-refractivity contribution in [2.45, 2.75) is 20.3 Å². The Bertz CT molecular complexity index is 1200. The molecule has 4 aromatic rings. The maximum absolute atomic E-state index is 12.2. The topological polar surface area (TPSA) is 77.1 Å². The monoisotopic (exact) mass is 358 g/mol. The third-order valence-corrected chi connectivity index (χ3v) is 4.96. The lowest BCUT2D eigenvalue weighted by Gasteiger charge is -2.18. The van der Waals surface area contributed by atoms with Crippen LogP contribution in [-0.4, -0.2) is 36.6 Å². The molecule has 0 saturated heterocycles. The summed E-state index contributed by atoms with van der Waals surface area (Å²) >= 11 is 0. The summed E-state index contributed by atoms with van der Waals surface area (Å²) in [5.74, 6) is 0.724. The molecular weight excluding hydrogens is 340 g/mol. The van der Waals surface area contributed by atoms with Crippen molar-refractivity contribution in [1.29, 1.82) is 0 Å². The lowest BCUT2D eigenvalue weighted by molar-refractivity contribution is 0.0946. The third-order valence-electron chi connectivity index (χ3n) is 4.96. The van der Waals surface area contributed by atoms with Gasteiger partial charge in [0, 0.05) is 41.6 Å². The van der Waals surface area contributed by atoms with Crippen molar-refractivity contribution in [2.24, 2.45) is 0 Å². The molecule has 0 unspecified atom stereocenters. The van der Waals surface area contributed by atoms with Crippen LogP contribution >= 0.6 is 0 Å². The van der Waals surface area contributed by atoms with Crippen LogP contribution in [0.3, 0.4) is 0 Å². The van der Waals surface area contributed by atoms with E-state index in [1.807, 2.05) is 53.4 Å². The van der Waals surface area contributed by atoms with Crippen LogP contribution in [0.4, 0.5) is 0 Å². The molecule has 0 aliphatic carbocycles. The lowest BCUT2D eigenvalue weighted by atomic mass is 10.00. The molecule has 0 saturated carbocycles. The zero-order valence-electron chi connectivity index (χ0n) is 15.1. The molecule has 4 heterocycles. The number of rotatable bonds is 2. The zero-order valence-corrected chi connectivity index (χ0v) is 15.1. The first-order valence-corrected chi connectivity index (χ1v) is 8.89. The van der Waals surface area contributed by atoms with Gasteiger partial charge in [0.2, 0.25) is 0 Å². The van der Waals surface area contributed by atoms with Crippen molar-refractivity contribution in [3.05, 3.63) is 65.4 Å². The number of aryl methyl sites for hydroxylation is 2. The SMILES string of the molecule is Cc1cc(C)n2ncc(-c3nccn3-c3ccc4c(c3)C(=O)NCC4)c2n1. The van der Waals surface area contributed by atoms with Crippen LogP contribution in [0.5, 0.6) is 0 Å². The Kier molecular flexibility index (Phi) is 3.36. The van der Waals surface area contributed by atoms with Gasteiger partial charge in [-0.05, 0) is 44.0 Å². The number of fused-ring (bicyclic) bond motifs is 2. The van der Waals surface area contributed by atoms with Gasteiger partial charge in [0.1, 0.15) is 5.82 Å². The minimum absolute atomic E-state index is 0.0244. The Hall–Kier alpha value is -3.48. The molecule has 0 fully saturated rings. The first-order chi connectivity index (χ1) is 13.1. The smallest absolute Gasteiger partial charge is 0.251 e. The molecule has 5 rings (SSSR count). The second-order valence-corrected chi connectivity index (χ2v) is 6.80. The number of benzene rings is 1. The Morgan fingerprint density at radius 2 is 2.04 bits per heavy atom. The Morgan fingerprint density at radius 1 is 1.15 bits per heavy atom. The first kappa shape index (κ1) is 15.7. The molecule has 1 aromatic carbocycles. The van der Waals surface area contributed by atoms with Crippen LogP contribution in [0.25, 0.3) is 22.7 Å². The van der Waals surface area contributed by atoms with Gasteiger partial charge in [-0.1, -0.05) is 6.07 Å². The zero-order chi connectivity index (χ0) is 18.5. The molecule has 134 valence electrons. The van der Waals surface area contributed by atoms with Crippen molar-refractivity contribution in [3.63, 3.8) is 0 Å². The summed E-state index contributed by atoms with van der Waals surface area (Å²) in [5.41, 5.74) is 6.28. The Morgan fingerprint density at radius 3 is 2.93 bits per heavy atom. The van der Waals surface area contributed by atoms with Gasteiger partial charge in [-0.25, -0.2) is 14.5 Å². The number of hydrogen-bond donors (Lipinski definition) is 1. The highest BCUT2D eigenvalue weighted by Gasteiger charge is 2.19. The molecule has 1 amide bonds. The highest BCUT2D eigenvalue weighted by molar-refractivity contribution is 5.97. The van der Waals surface area contributed by atoms with E-state index in [9.17, 15) is 4.79 Å². The number of carbonyl (C=O) groups excluding carboxylic acids is 1. The van der Waals surface area contributed by atoms with Crippen molar-refractivity contribution in [3.8, 4) is 17.1 Å². The van der Waals surface area contributed by atoms with Gasteiger partial charge in [0.05, 0.1) is 11.8 Å². The van der Waals surface area contributed by atoms with Gasteiger partial charge in [0.15, 0.2) is 5.65 Å². The quantitative estimate of drug-likeness (QED) is 0.597. The summed E-state index contributed by atoms with van der Waals surface area (Å²) in [4.78, 5) is 21.4. The van der Waals surface area contributed by atoms with Crippen LogP contribution < -0.4 is 5.32 Å². The van der Waals surface area contributed by atoms with E-state index in [4.69, 9.17) is 0 Å². The molecule has 7 heteroatoms. The molecule has 27 heavy (non-hydrogen) atoms. The average molecular weight is 358 g/mol. The summed E-state index contributed by atoms with van der Waals surface area (Å²) in [6, 6.07) is 7.97. The van der Waals surface area contributed by atoms with E-state index in [0.29, 0.717) is 6.54 Å². The van der Waals surface area contributed by atoms with Crippen LogP contribution in [0.1, 0.15) is 27.3 Å². The summed E-state index contributed by atoms with van der Waals surface area (Å²) < 4.78 is 3.79. The normalized spacial score (nSPS) is 13.6. The summed E-state index contributed by atoms with van der Waals surface area (Å²) in [5, 5.41) is 7.37. The molecule has 7 nitrogen and oxygen atoms in total. The minimum atomic E-state index is -0.0244. The fourth-order valence-corrected chi connectivity index (χ4v) is 3.69. The Balaban J connectivity index is 1.68. The third kappa shape index (κ3) is 2.43. The van der Waals surface area contributed by atoms with E-state index in [1.54, 1.807) is 12.4 Å². The van der Waals surface area contributed by atoms with Crippen LogP contribution in [0, 0.1) is 13.8 Å². The molecule has 1 N–H and O–H groups in total. The van der Waals surface area contributed by atoms with E-state index < -0.39 is 0 Å². The number of aromatic nitrogens is 5. The van der Waals surface area contributed by atoms with Crippen LogP contribution in [-0.2, 0) is 6.42 Å². The molecule has 0 spiro atoms. The van der Waals surface area contributed by atoms with E-state index in [1.165, 1.54) is 0 Å². The van der Waals surface area contributed by atoms with Crippen molar-refractivity contribution in [1.82, 2.24) is 29.5 Å². The van der Waals surface area contributed by atoms with Crippen LogP contribution in [0.15, 0.2) is 42.9 Å². The fourth-order valence-electron chi connectivity index (χ4n) is 3.69. The molecule has 0 bridgehead atoms. The number of nitrogens with one attached hydrogen (secondary N) is 1. The molecule has 1 aliphatic rings. The Labute approximate surface area is 155 Å². The lowest BCUT2D eigenvalue weighted by Crippen LogP contribution is -2.31. The summed E-state index contributed by atoms with van der Waals surface area (Å²) in [6.07, 6.45) is 6.29. The van der Waals surface area contributed by atoms with Gasteiger partial charge in [-0.2, -0.15) is 5.10 Å². The van der Waals surface area contributed by atoms with Crippen LogP contribution in [0.2, 0.25) is 0 Å². The highest BCUT2D eigenvalue weighted by atomic mass is 16.1. The summed E-state index contributed by atoms with van der Waals surface area (Å²) in [7, 11) is 0. The number of hydrogen-bond acceptors (Lipinski definition) is 4. The molecule has 0 radical (unpaired) electrons. The molecule has 3 aromatic heterocycles. The molecule has 1 aliphatic heterocycles. The first-order valence-electron chi connectivity index (χ1n) is 8.89. The summed E-state index contributed by atoms with van der Waals surface area (Å²) in [6.45, 7) is 4.67. The second kappa shape index (κ2) is 5.77. The highest BCUT2D eigenvalue weighted by Crippen LogP contribution is 2.27. The fraction of sp³-hybridized carbons (Fsp3) is 0.200. The van der Waals surface area contributed by atoms with Crippen molar-refractivity contribution < 1.29 is 4.79 Å². The number of imidazole rings is 1. The van der Waals surface area contributed by atoms with Gasteiger partial charge in [-0.15, -0.1) is 0 Å². The standard InChI is InChI=1S/C20H18N6O/c1-12-9-13(2)26-19(24-12)17(11-23-26)18-21-7-8-25(18)15-4-3-14-5-6-22-20(27)16(14)10-15/h3-4,7-11H,5-6H2,1-2H3,(H,22,27). The van der Waals surface area contributed by atoms with E-state index in [2.05, 4.69) is 20.4 Å². The predicted octanol–water partition coefficient (Wildman–Crippen LogP) is 2.48. The van der Waals surface area contributed by atoms with E-state index in [-0.39, 0.29) is 5.91 Å². The maximum atomic E-state index is 12.2. The van der Waals surface area contributed by atoms with E-state index in [0.717, 1.165) is 51.7 Å². The van der Waals surface area contributed by atoms with Crippen molar-refractivity contribution in [2.75, 3.05) is 6.54 Å². The minimum Gasteiger partial charge on any atom is -0.352 e. The van der Waals surface area contributed by atoms with Gasteiger partial charge in [-0.3, -0.25) is 9.36 Å². The number of nitrogens with zero attached hydrogens (tertiary/aromatic N) is 5. The predicted molar refractivity (Wildman–Crippen MR) is 101 cm³/mol. The largest absolute Gasteiger partial charge is 0.352 e. The average Bonchev–Trinajstić information content (AvgIpc) is 3.28. The van der Waals surface area contributed by atoms with Gasteiger partial charge >= 0.3 is 0 Å². The number of carbonyl (C=O) groups is 1. The van der Waals surface area contributed by atoms with Crippen molar-refractivity contribution >= 4 is 11.6 Å². The van der Waals surface area contributed by atoms with E-state index >= 15 is 0 Å². The molecule has 0 atom stereocenters. The van der Waals surface area contributed by atoms with Gasteiger partial charge < -0.3 is 5.32 Å². The molecular formula is C20H18N6O. The number of amides is 1. The maximum Gasteiger partial charge on any atom is 0.251 e. The second-order valence-electron chi connectivity index (χ2n) is 6.80. The van der Waals surface area contributed by atoms with Gasteiger partial charge in [0.25, 0.3) is 5.91 Å².